The second-order valence-corrected chi connectivity index (χ2v) is 6.04. The highest BCUT2D eigenvalue weighted by atomic mass is 35.5. The molecule has 0 radical (unpaired) electrons. The summed E-state index contributed by atoms with van der Waals surface area (Å²) >= 11 is 6.34. The van der Waals surface area contributed by atoms with Crippen LogP contribution in [0.3, 0.4) is 0 Å². The standard InChI is InChI=1S/C16H25ClN2O2/c1-5-21-16-14(17)6-13(7-15(16)20-4)10-19-9-11(2)18-8-12(19)3/h6-7,11-12,18H,5,8-10H2,1-4H3. The summed E-state index contributed by atoms with van der Waals surface area (Å²) in [5, 5.41) is 4.11. The van der Waals surface area contributed by atoms with Gasteiger partial charge in [0.2, 0.25) is 0 Å². The summed E-state index contributed by atoms with van der Waals surface area (Å²) < 4.78 is 11.0. The number of benzene rings is 1. The Bertz CT molecular complexity index is 482. The van der Waals surface area contributed by atoms with Gasteiger partial charge in [0.25, 0.3) is 0 Å². The highest BCUT2D eigenvalue weighted by Gasteiger charge is 2.23. The molecule has 0 spiro atoms. The Hall–Kier alpha value is -0.970. The third-order valence-electron chi connectivity index (χ3n) is 3.86. The molecule has 21 heavy (non-hydrogen) atoms. The van der Waals surface area contributed by atoms with Gasteiger partial charge in [-0.1, -0.05) is 11.6 Å². The number of piperazine rings is 1. The van der Waals surface area contributed by atoms with Crippen LogP contribution in [-0.2, 0) is 6.54 Å². The van der Waals surface area contributed by atoms with E-state index in [9.17, 15) is 0 Å². The van der Waals surface area contributed by atoms with Crippen LogP contribution < -0.4 is 14.8 Å². The van der Waals surface area contributed by atoms with Gasteiger partial charge in [0.05, 0.1) is 18.7 Å². The van der Waals surface area contributed by atoms with Crippen molar-refractivity contribution in [3.63, 3.8) is 0 Å². The fourth-order valence-corrected chi connectivity index (χ4v) is 2.99. The molecule has 1 aromatic carbocycles. The number of hydrogen-bond acceptors (Lipinski definition) is 4. The highest BCUT2D eigenvalue weighted by molar-refractivity contribution is 6.32. The first kappa shape index (κ1) is 16.4. The van der Waals surface area contributed by atoms with E-state index in [4.69, 9.17) is 21.1 Å². The first-order chi connectivity index (χ1) is 10.0. The van der Waals surface area contributed by atoms with Crippen molar-refractivity contribution in [3.8, 4) is 11.5 Å². The van der Waals surface area contributed by atoms with E-state index in [0.717, 1.165) is 25.2 Å². The van der Waals surface area contributed by atoms with Crippen LogP contribution in [0.2, 0.25) is 5.02 Å². The number of hydrogen-bond donors (Lipinski definition) is 1. The average Bonchev–Trinajstić information content (AvgIpc) is 2.45. The second kappa shape index (κ2) is 7.34. The third kappa shape index (κ3) is 4.02. The van der Waals surface area contributed by atoms with Crippen LogP contribution in [0.5, 0.6) is 11.5 Å². The first-order valence-corrected chi connectivity index (χ1v) is 7.89. The Morgan fingerprint density at radius 2 is 2.14 bits per heavy atom. The molecule has 2 unspecified atom stereocenters. The van der Waals surface area contributed by atoms with Crippen molar-refractivity contribution in [1.29, 1.82) is 0 Å². The van der Waals surface area contributed by atoms with E-state index in [1.807, 2.05) is 19.1 Å². The van der Waals surface area contributed by atoms with E-state index in [1.165, 1.54) is 0 Å². The van der Waals surface area contributed by atoms with E-state index < -0.39 is 0 Å². The van der Waals surface area contributed by atoms with Gasteiger partial charge in [-0.3, -0.25) is 4.90 Å². The van der Waals surface area contributed by atoms with Crippen LogP contribution in [-0.4, -0.2) is 43.8 Å². The van der Waals surface area contributed by atoms with Crippen LogP contribution in [0.15, 0.2) is 12.1 Å². The maximum Gasteiger partial charge on any atom is 0.179 e. The zero-order valence-electron chi connectivity index (χ0n) is 13.3. The molecule has 2 rings (SSSR count). The number of methoxy groups -OCH3 is 1. The highest BCUT2D eigenvalue weighted by Crippen LogP contribution is 2.36. The van der Waals surface area contributed by atoms with Gasteiger partial charge >= 0.3 is 0 Å². The minimum atomic E-state index is 0.512. The molecule has 118 valence electrons. The van der Waals surface area contributed by atoms with Gasteiger partial charge in [-0.2, -0.15) is 0 Å². The molecule has 0 saturated carbocycles. The fourth-order valence-electron chi connectivity index (χ4n) is 2.70. The van der Waals surface area contributed by atoms with Gasteiger partial charge in [-0.05, 0) is 38.5 Å². The molecule has 0 aliphatic carbocycles. The zero-order valence-corrected chi connectivity index (χ0v) is 14.0. The molecule has 0 amide bonds. The lowest BCUT2D eigenvalue weighted by Gasteiger charge is -2.37. The van der Waals surface area contributed by atoms with Crippen molar-refractivity contribution < 1.29 is 9.47 Å². The predicted octanol–water partition coefficient (Wildman–Crippen LogP) is 2.93. The summed E-state index contributed by atoms with van der Waals surface area (Å²) in [6, 6.07) is 5.03. The van der Waals surface area contributed by atoms with Crippen molar-refractivity contribution >= 4 is 11.6 Å². The number of nitrogens with one attached hydrogen (secondary N) is 1. The zero-order chi connectivity index (χ0) is 15.4. The molecule has 1 aliphatic rings. The number of halogens is 1. The van der Waals surface area contributed by atoms with Gasteiger partial charge in [-0.15, -0.1) is 0 Å². The second-order valence-electron chi connectivity index (χ2n) is 5.63. The monoisotopic (exact) mass is 312 g/mol. The van der Waals surface area contributed by atoms with Crippen molar-refractivity contribution in [2.24, 2.45) is 0 Å². The molecule has 1 saturated heterocycles. The largest absolute Gasteiger partial charge is 0.493 e. The first-order valence-electron chi connectivity index (χ1n) is 7.51. The molecular formula is C16H25ClN2O2. The van der Waals surface area contributed by atoms with Gasteiger partial charge in [0, 0.05) is 31.7 Å². The molecule has 1 aliphatic heterocycles. The van der Waals surface area contributed by atoms with Crippen molar-refractivity contribution in [2.45, 2.75) is 39.4 Å². The lowest BCUT2D eigenvalue weighted by atomic mass is 10.1. The SMILES string of the molecule is CCOc1c(Cl)cc(CN2CC(C)NCC2C)cc1OC. The molecule has 0 aromatic heterocycles. The number of ether oxygens (including phenoxy) is 2. The van der Waals surface area contributed by atoms with Crippen LogP contribution in [0, 0.1) is 0 Å². The molecule has 1 heterocycles. The number of rotatable bonds is 5. The minimum Gasteiger partial charge on any atom is -0.493 e. The molecule has 1 aromatic rings. The Labute approximate surface area is 132 Å². The average molecular weight is 313 g/mol. The normalized spacial score (nSPS) is 23.1. The van der Waals surface area contributed by atoms with Crippen molar-refractivity contribution in [3.05, 3.63) is 22.7 Å². The molecule has 0 bridgehead atoms. The molecule has 5 heteroatoms. The Morgan fingerprint density at radius 1 is 1.38 bits per heavy atom. The molecule has 2 atom stereocenters. The van der Waals surface area contributed by atoms with Crippen molar-refractivity contribution in [1.82, 2.24) is 10.2 Å². The molecule has 1 N–H and O–H groups in total. The summed E-state index contributed by atoms with van der Waals surface area (Å²) in [4.78, 5) is 2.46. The predicted molar refractivity (Wildman–Crippen MR) is 86.5 cm³/mol. The van der Waals surface area contributed by atoms with Gasteiger partial charge in [-0.25, -0.2) is 0 Å². The van der Waals surface area contributed by atoms with Gasteiger partial charge in [0.15, 0.2) is 11.5 Å². The molecular weight excluding hydrogens is 288 g/mol. The van der Waals surface area contributed by atoms with E-state index in [0.29, 0.717) is 35.2 Å². The Balaban J connectivity index is 2.18. The summed E-state index contributed by atoms with van der Waals surface area (Å²) in [6.07, 6.45) is 0. The fraction of sp³-hybridized carbons (Fsp3) is 0.625. The Kier molecular flexibility index (Phi) is 5.73. The maximum atomic E-state index is 6.34. The van der Waals surface area contributed by atoms with E-state index in [1.54, 1.807) is 7.11 Å². The number of nitrogens with zero attached hydrogens (tertiary/aromatic N) is 1. The van der Waals surface area contributed by atoms with Crippen LogP contribution in [0.1, 0.15) is 26.3 Å². The van der Waals surface area contributed by atoms with Crippen LogP contribution in [0.25, 0.3) is 0 Å². The van der Waals surface area contributed by atoms with Crippen LogP contribution >= 0.6 is 11.6 Å². The summed E-state index contributed by atoms with van der Waals surface area (Å²) in [7, 11) is 1.65. The van der Waals surface area contributed by atoms with Gasteiger partial charge < -0.3 is 14.8 Å². The third-order valence-corrected chi connectivity index (χ3v) is 4.14. The van der Waals surface area contributed by atoms with E-state index in [-0.39, 0.29) is 0 Å². The van der Waals surface area contributed by atoms with Crippen LogP contribution in [0.4, 0.5) is 0 Å². The minimum absolute atomic E-state index is 0.512. The summed E-state index contributed by atoms with van der Waals surface area (Å²) in [6.45, 7) is 9.89. The quantitative estimate of drug-likeness (QED) is 0.906. The lowest BCUT2D eigenvalue weighted by Crippen LogP contribution is -2.53. The molecule has 4 nitrogen and oxygen atoms in total. The van der Waals surface area contributed by atoms with E-state index in [2.05, 4.69) is 24.1 Å². The maximum absolute atomic E-state index is 6.34. The molecule has 1 fully saturated rings. The Morgan fingerprint density at radius 3 is 2.81 bits per heavy atom. The van der Waals surface area contributed by atoms with E-state index >= 15 is 0 Å². The smallest absolute Gasteiger partial charge is 0.179 e. The topological polar surface area (TPSA) is 33.7 Å². The van der Waals surface area contributed by atoms with Crippen molar-refractivity contribution in [2.75, 3.05) is 26.8 Å². The summed E-state index contributed by atoms with van der Waals surface area (Å²) in [5.74, 6) is 1.34. The summed E-state index contributed by atoms with van der Waals surface area (Å²) in [5.41, 5.74) is 1.15. The van der Waals surface area contributed by atoms with Gasteiger partial charge in [0.1, 0.15) is 0 Å². The lowest BCUT2D eigenvalue weighted by molar-refractivity contribution is 0.138.